The molecule has 26 heavy (non-hydrogen) atoms. The van der Waals surface area contributed by atoms with Gasteiger partial charge in [0.15, 0.2) is 0 Å². The van der Waals surface area contributed by atoms with Gasteiger partial charge in [0.2, 0.25) is 0 Å². The lowest BCUT2D eigenvalue weighted by atomic mass is 10.0. The van der Waals surface area contributed by atoms with Crippen molar-refractivity contribution in [2.24, 2.45) is 5.92 Å². The molecule has 1 aliphatic heterocycles. The third kappa shape index (κ3) is 6.78. The Morgan fingerprint density at radius 3 is 2.58 bits per heavy atom. The molecule has 0 bridgehead atoms. The summed E-state index contributed by atoms with van der Waals surface area (Å²) in [5, 5.41) is 5.87. The molecular weight excluding hydrogens is 340 g/mol. The zero-order valence-electron chi connectivity index (χ0n) is 15.7. The average Bonchev–Trinajstić information content (AvgIpc) is 2.55. The minimum atomic E-state index is -2.86. The van der Waals surface area contributed by atoms with E-state index in [0.717, 1.165) is 32.5 Å². The molecule has 1 heterocycles. The molecule has 0 radical (unpaired) electrons. The van der Waals surface area contributed by atoms with Crippen molar-refractivity contribution in [3.05, 3.63) is 29.8 Å². The van der Waals surface area contributed by atoms with Gasteiger partial charge in [-0.3, -0.25) is 0 Å². The van der Waals surface area contributed by atoms with Gasteiger partial charge in [0.25, 0.3) is 0 Å². The molecule has 2 rings (SSSR count). The van der Waals surface area contributed by atoms with Crippen LogP contribution in [0.1, 0.15) is 45.2 Å². The van der Waals surface area contributed by atoms with Crippen molar-refractivity contribution in [1.29, 1.82) is 0 Å². The first-order chi connectivity index (χ1) is 12.3. The summed E-state index contributed by atoms with van der Waals surface area (Å²) in [5.74, 6) is 0.734. The Morgan fingerprint density at radius 2 is 1.96 bits per heavy atom. The first-order valence-corrected chi connectivity index (χ1v) is 9.17. The van der Waals surface area contributed by atoms with E-state index in [9.17, 15) is 13.6 Å². The van der Waals surface area contributed by atoms with Gasteiger partial charge in [0.1, 0.15) is 5.75 Å². The average molecular weight is 369 g/mol. The fourth-order valence-electron chi connectivity index (χ4n) is 3.24. The lowest BCUT2D eigenvalue weighted by molar-refractivity contribution is -0.0499. The summed E-state index contributed by atoms with van der Waals surface area (Å²) in [4.78, 5) is 14.7. The molecule has 1 aliphatic rings. The number of ether oxygens (including phenoxy) is 1. The monoisotopic (exact) mass is 369 g/mol. The van der Waals surface area contributed by atoms with Crippen LogP contribution in [0.4, 0.5) is 13.6 Å². The number of alkyl halides is 2. The predicted octanol–water partition coefficient (Wildman–Crippen LogP) is 3.77. The van der Waals surface area contributed by atoms with E-state index in [1.165, 1.54) is 12.1 Å². The van der Waals surface area contributed by atoms with Crippen LogP contribution in [0.3, 0.4) is 0 Å². The Morgan fingerprint density at radius 1 is 1.27 bits per heavy atom. The van der Waals surface area contributed by atoms with Crippen molar-refractivity contribution < 1.29 is 18.3 Å². The summed E-state index contributed by atoms with van der Waals surface area (Å²) in [6.45, 7) is 6.44. The minimum Gasteiger partial charge on any atom is -0.435 e. The molecule has 146 valence electrons. The largest absolute Gasteiger partial charge is 0.435 e. The van der Waals surface area contributed by atoms with Gasteiger partial charge in [-0.15, -0.1) is 0 Å². The summed E-state index contributed by atoms with van der Waals surface area (Å²) in [6.07, 6.45) is 1.87. The van der Waals surface area contributed by atoms with E-state index >= 15 is 0 Å². The second-order valence-electron chi connectivity index (χ2n) is 7.26. The molecule has 1 fully saturated rings. The Bertz CT molecular complexity index is 576. The van der Waals surface area contributed by atoms with Gasteiger partial charge < -0.3 is 20.3 Å². The van der Waals surface area contributed by atoms with Crippen molar-refractivity contribution >= 4 is 6.03 Å². The Labute approximate surface area is 154 Å². The maximum atomic E-state index is 12.3. The van der Waals surface area contributed by atoms with Crippen molar-refractivity contribution in [1.82, 2.24) is 15.5 Å². The summed E-state index contributed by atoms with van der Waals surface area (Å²) < 4.78 is 29.0. The summed E-state index contributed by atoms with van der Waals surface area (Å²) >= 11 is 0. The highest BCUT2D eigenvalue weighted by Crippen LogP contribution is 2.20. The number of carbonyl (C=O) groups excluding carboxylic acids is 1. The van der Waals surface area contributed by atoms with E-state index in [0.29, 0.717) is 11.5 Å². The van der Waals surface area contributed by atoms with Gasteiger partial charge in [-0.1, -0.05) is 26.0 Å². The van der Waals surface area contributed by atoms with E-state index in [1.54, 1.807) is 12.1 Å². The van der Waals surface area contributed by atoms with Crippen LogP contribution in [0.15, 0.2) is 24.3 Å². The number of piperidine rings is 1. The predicted molar refractivity (Wildman–Crippen MR) is 97.5 cm³/mol. The number of rotatable bonds is 7. The van der Waals surface area contributed by atoms with Crippen LogP contribution in [0.5, 0.6) is 5.75 Å². The molecule has 1 aromatic rings. The third-order valence-corrected chi connectivity index (χ3v) is 4.48. The second kappa shape index (κ2) is 9.71. The number of hydrogen-bond donors (Lipinski definition) is 2. The number of nitrogens with zero attached hydrogens (tertiary/aromatic N) is 1. The Kier molecular flexibility index (Phi) is 7.63. The van der Waals surface area contributed by atoms with Crippen LogP contribution < -0.4 is 15.4 Å². The molecule has 1 saturated heterocycles. The third-order valence-electron chi connectivity index (χ3n) is 4.48. The first-order valence-electron chi connectivity index (χ1n) is 9.17. The molecule has 5 nitrogen and oxygen atoms in total. The van der Waals surface area contributed by atoms with Crippen molar-refractivity contribution in [2.45, 2.75) is 52.3 Å². The topological polar surface area (TPSA) is 53.6 Å². The molecule has 2 N–H and O–H groups in total. The van der Waals surface area contributed by atoms with E-state index in [-0.39, 0.29) is 23.9 Å². The molecule has 0 spiro atoms. The van der Waals surface area contributed by atoms with Crippen LogP contribution in [0, 0.1) is 5.92 Å². The summed E-state index contributed by atoms with van der Waals surface area (Å²) in [7, 11) is 0. The normalized spacial score (nSPS) is 17.3. The van der Waals surface area contributed by atoms with Crippen LogP contribution in [0.2, 0.25) is 0 Å². The molecule has 7 heteroatoms. The highest BCUT2D eigenvalue weighted by Gasteiger charge is 2.21. The van der Waals surface area contributed by atoms with Gasteiger partial charge in [0, 0.05) is 25.7 Å². The number of amides is 2. The molecule has 0 aromatic heterocycles. The quantitative estimate of drug-likeness (QED) is 0.769. The first kappa shape index (κ1) is 20.4. The van der Waals surface area contributed by atoms with E-state index in [2.05, 4.69) is 34.1 Å². The van der Waals surface area contributed by atoms with Crippen LogP contribution in [0.25, 0.3) is 0 Å². The van der Waals surface area contributed by atoms with Gasteiger partial charge in [-0.25, -0.2) is 4.79 Å². The van der Waals surface area contributed by atoms with Gasteiger partial charge >= 0.3 is 12.6 Å². The number of hydrogen-bond acceptors (Lipinski definition) is 3. The van der Waals surface area contributed by atoms with Gasteiger partial charge in [0.05, 0.1) is 6.04 Å². The number of urea groups is 1. The van der Waals surface area contributed by atoms with Crippen molar-refractivity contribution in [2.75, 3.05) is 19.6 Å². The molecule has 1 aromatic carbocycles. The number of carbonyl (C=O) groups is 1. The summed E-state index contributed by atoms with van der Waals surface area (Å²) in [6, 6.07) is 6.01. The van der Waals surface area contributed by atoms with Gasteiger partial charge in [-0.05, 0) is 43.4 Å². The molecule has 0 saturated carbocycles. The standard InChI is InChI=1S/C19H29F2N3O2/c1-13(2)12-24-9-7-16(8-10-24)23-19(25)22-14(3)15-5-4-6-17(11-15)26-18(20)21/h4-6,11,13-14,16,18H,7-10,12H2,1-3H3,(H2,22,23,25)/t14-/m1/s1. The Hall–Kier alpha value is -1.89. The van der Waals surface area contributed by atoms with Crippen LogP contribution in [-0.4, -0.2) is 43.2 Å². The van der Waals surface area contributed by atoms with E-state index < -0.39 is 6.61 Å². The smallest absolute Gasteiger partial charge is 0.387 e. The molecule has 1 atom stereocenters. The van der Waals surface area contributed by atoms with Crippen molar-refractivity contribution in [3.63, 3.8) is 0 Å². The zero-order valence-corrected chi connectivity index (χ0v) is 15.7. The Balaban J connectivity index is 1.79. The number of likely N-dealkylation sites (tertiary alicyclic amines) is 1. The van der Waals surface area contributed by atoms with Crippen LogP contribution in [-0.2, 0) is 0 Å². The zero-order chi connectivity index (χ0) is 19.1. The minimum absolute atomic E-state index is 0.0871. The van der Waals surface area contributed by atoms with E-state index in [1.807, 2.05) is 6.92 Å². The SMILES string of the molecule is CC(C)CN1CCC(NC(=O)N[C@H](C)c2cccc(OC(F)F)c2)CC1. The molecule has 2 amide bonds. The highest BCUT2D eigenvalue weighted by molar-refractivity contribution is 5.74. The number of nitrogens with one attached hydrogen (secondary N) is 2. The number of benzene rings is 1. The lowest BCUT2D eigenvalue weighted by Gasteiger charge is -2.33. The highest BCUT2D eigenvalue weighted by atomic mass is 19.3. The van der Waals surface area contributed by atoms with Crippen LogP contribution >= 0.6 is 0 Å². The number of halogens is 2. The summed E-state index contributed by atoms with van der Waals surface area (Å²) in [5.41, 5.74) is 0.713. The van der Waals surface area contributed by atoms with E-state index in [4.69, 9.17) is 0 Å². The fraction of sp³-hybridized carbons (Fsp3) is 0.632. The molecular formula is C19H29F2N3O2. The fourth-order valence-corrected chi connectivity index (χ4v) is 3.24. The molecule has 0 aliphatic carbocycles. The maximum absolute atomic E-state index is 12.3. The molecule has 0 unspecified atom stereocenters. The van der Waals surface area contributed by atoms with Gasteiger partial charge in [-0.2, -0.15) is 8.78 Å². The second-order valence-corrected chi connectivity index (χ2v) is 7.26. The maximum Gasteiger partial charge on any atom is 0.387 e. The van der Waals surface area contributed by atoms with Crippen molar-refractivity contribution in [3.8, 4) is 5.75 Å². The lowest BCUT2D eigenvalue weighted by Crippen LogP contribution is -2.48.